The van der Waals surface area contributed by atoms with Gasteiger partial charge in [-0.1, -0.05) is 26.0 Å². The highest BCUT2D eigenvalue weighted by molar-refractivity contribution is 5.72. The van der Waals surface area contributed by atoms with E-state index in [4.69, 9.17) is 9.47 Å². The zero-order valence-corrected chi connectivity index (χ0v) is 23.2. The van der Waals surface area contributed by atoms with Crippen molar-refractivity contribution in [3.8, 4) is 16.9 Å². The molecule has 0 bridgehead atoms. The summed E-state index contributed by atoms with van der Waals surface area (Å²) >= 11 is 0. The van der Waals surface area contributed by atoms with Crippen LogP contribution in [0, 0.1) is 11.6 Å². The first-order valence-electron chi connectivity index (χ1n) is 13.0. The third-order valence-corrected chi connectivity index (χ3v) is 5.81. The third-order valence-electron chi connectivity index (χ3n) is 5.81. The summed E-state index contributed by atoms with van der Waals surface area (Å²) in [5.41, 5.74) is 0.622. The molecule has 2 aromatic carbocycles. The largest absolute Gasteiger partial charge is 0.492 e. The van der Waals surface area contributed by atoms with Crippen molar-refractivity contribution >= 4 is 17.6 Å². The molecule has 3 aromatic rings. The number of aromatic nitrogens is 2. The van der Waals surface area contributed by atoms with Crippen LogP contribution in [0.1, 0.15) is 40.2 Å². The van der Waals surface area contributed by atoms with Gasteiger partial charge in [-0.2, -0.15) is 0 Å². The molecule has 10 heteroatoms. The second-order valence-electron chi connectivity index (χ2n) is 9.91. The molecule has 0 saturated carbocycles. The minimum Gasteiger partial charge on any atom is -0.492 e. The van der Waals surface area contributed by atoms with E-state index < -0.39 is 23.2 Å². The molecule has 0 amide bonds. The molecule has 210 valence electrons. The van der Waals surface area contributed by atoms with Gasteiger partial charge in [0.15, 0.2) is 11.6 Å². The molecule has 0 saturated heterocycles. The van der Waals surface area contributed by atoms with Gasteiger partial charge in [-0.25, -0.2) is 18.7 Å². The summed E-state index contributed by atoms with van der Waals surface area (Å²) in [5.74, 6) is -1.39. The Balaban J connectivity index is 1.56. The second kappa shape index (κ2) is 14.0. The molecule has 0 aliphatic carbocycles. The van der Waals surface area contributed by atoms with Gasteiger partial charge < -0.3 is 25.0 Å². The Bertz CT molecular complexity index is 1210. The van der Waals surface area contributed by atoms with Gasteiger partial charge in [0.25, 0.3) is 0 Å². The van der Waals surface area contributed by atoms with Crippen molar-refractivity contribution in [3.63, 3.8) is 0 Å². The van der Waals surface area contributed by atoms with E-state index in [2.05, 4.69) is 39.3 Å². The Hall–Kier alpha value is -3.63. The predicted molar refractivity (Wildman–Crippen MR) is 148 cm³/mol. The fourth-order valence-electron chi connectivity index (χ4n) is 3.75. The quantitative estimate of drug-likeness (QED) is 0.281. The van der Waals surface area contributed by atoms with Crippen molar-refractivity contribution in [2.24, 2.45) is 0 Å². The standard InChI is InChI=1S/C29H37F2N5O3/c1-6-36(7-2)14-15-38-23-11-9-22(10-12-23)35-28-33-17-21(18-34-28)24-13-8-20(26(30)27(24)31)16-32-19-25(37)39-29(3,4)5/h8-13,17-18,32H,6-7,14-16,19H2,1-5H3,(H,33,34,35). The average molecular weight is 542 g/mol. The molecule has 0 atom stereocenters. The van der Waals surface area contributed by atoms with E-state index in [9.17, 15) is 13.6 Å². The fraction of sp³-hybridized carbons (Fsp3) is 0.414. The van der Waals surface area contributed by atoms with Gasteiger partial charge in [0, 0.05) is 47.9 Å². The molecule has 1 heterocycles. The van der Waals surface area contributed by atoms with Gasteiger partial charge >= 0.3 is 5.97 Å². The van der Waals surface area contributed by atoms with Gasteiger partial charge in [0.2, 0.25) is 5.95 Å². The van der Waals surface area contributed by atoms with Crippen LogP contribution in [-0.2, 0) is 16.1 Å². The number of esters is 1. The van der Waals surface area contributed by atoms with Crippen LogP contribution in [0.5, 0.6) is 5.75 Å². The second-order valence-corrected chi connectivity index (χ2v) is 9.91. The first-order valence-corrected chi connectivity index (χ1v) is 13.0. The molecule has 0 spiro atoms. The molecule has 39 heavy (non-hydrogen) atoms. The number of nitrogens with one attached hydrogen (secondary N) is 2. The Kier molecular flexibility index (Phi) is 10.7. The van der Waals surface area contributed by atoms with Crippen LogP contribution in [0.2, 0.25) is 0 Å². The molecule has 3 rings (SSSR count). The summed E-state index contributed by atoms with van der Waals surface area (Å²) in [5, 5.41) is 5.86. The van der Waals surface area contributed by atoms with Crippen molar-refractivity contribution in [2.45, 2.75) is 46.8 Å². The third kappa shape index (κ3) is 9.26. The number of nitrogens with zero attached hydrogens (tertiary/aromatic N) is 3. The summed E-state index contributed by atoms with van der Waals surface area (Å²) in [4.78, 5) is 22.6. The number of hydrogen-bond acceptors (Lipinski definition) is 8. The number of rotatable bonds is 13. The Morgan fingerprint density at radius 3 is 2.26 bits per heavy atom. The van der Waals surface area contributed by atoms with E-state index in [-0.39, 0.29) is 24.2 Å². The van der Waals surface area contributed by atoms with Crippen LogP contribution in [0.4, 0.5) is 20.4 Å². The number of likely N-dealkylation sites (N-methyl/N-ethyl adjacent to an activating group) is 1. The lowest BCUT2D eigenvalue weighted by atomic mass is 10.0. The molecule has 0 aliphatic heterocycles. The maximum absolute atomic E-state index is 14.8. The van der Waals surface area contributed by atoms with Gasteiger partial charge in [-0.15, -0.1) is 0 Å². The highest BCUT2D eigenvalue weighted by Gasteiger charge is 2.18. The lowest BCUT2D eigenvalue weighted by Crippen LogP contribution is -2.31. The molecule has 8 nitrogen and oxygen atoms in total. The monoisotopic (exact) mass is 541 g/mol. The number of carbonyl (C=O) groups excluding carboxylic acids is 1. The Morgan fingerprint density at radius 1 is 0.974 bits per heavy atom. The van der Waals surface area contributed by atoms with Crippen molar-refractivity contribution in [1.82, 2.24) is 20.2 Å². The SMILES string of the molecule is CCN(CC)CCOc1ccc(Nc2ncc(-c3ccc(CNCC(=O)OC(C)(C)C)c(F)c3F)cn2)cc1. The van der Waals surface area contributed by atoms with Gasteiger partial charge in [-0.05, 0) is 58.1 Å². The van der Waals surface area contributed by atoms with Crippen molar-refractivity contribution < 1.29 is 23.0 Å². The van der Waals surface area contributed by atoms with Gasteiger partial charge in [0.1, 0.15) is 18.0 Å². The smallest absolute Gasteiger partial charge is 0.320 e. The first kappa shape index (κ1) is 29.9. The topological polar surface area (TPSA) is 88.6 Å². The summed E-state index contributed by atoms with van der Waals surface area (Å²) < 4.78 is 40.5. The van der Waals surface area contributed by atoms with Gasteiger partial charge in [-0.3, -0.25) is 4.79 Å². The fourth-order valence-corrected chi connectivity index (χ4v) is 3.75. The highest BCUT2D eigenvalue weighted by atomic mass is 19.2. The van der Waals surface area contributed by atoms with E-state index in [1.165, 1.54) is 24.5 Å². The number of hydrogen-bond donors (Lipinski definition) is 2. The van der Waals surface area contributed by atoms with Gasteiger partial charge in [0.05, 0.1) is 6.54 Å². The maximum Gasteiger partial charge on any atom is 0.320 e. The van der Waals surface area contributed by atoms with Crippen LogP contribution >= 0.6 is 0 Å². The van der Waals surface area contributed by atoms with Crippen LogP contribution in [0.25, 0.3) is 11.1 Å². The molecular formula is C29H37F2N5O3. The van der Waals surface area contributed by atoms with Crippen LogP contribution in [0.15, 0.2) is 48.8 Å². The van der Waals surface area contributed by atoms with Crippen molar-refractivity contribution in [1.29, 1.82) is 0 Å². The summed E-state index contributed by atoms with van der Waals surface area (Å²) in [6.07, 6.45) is 2.86. The Labute approximate surface area is 228 Å². The maximum atomic E-state index is 14.8. The van der Waals surface area contributed by atoms with Crippen molar-refractivity contribution in [3.05, 3.63) is 66.0 Å². The molecule has 1 aromatic heterocycles. The van der Waals surface area contributed by atoms with Crippen LogP contribution < -0.4 is 15.4 Å². The number of anilines is 2. The molecule has 0 unspecified atom stereocenters. The Morgan fingerprint density at radius 2 is 1.64 bits per heavy atom. The number of halogens is 2. The zero-order chi connectivity index (χ0) is 28.4. The first-order chi connectivity index (χ1) is 18.6. The zero-order valence-electron chi connectivity index (χ0n) is 23.2. The lowest BCUT2D eigenvalue weighted by molar-refractivity contribution is -0.153. The molecule has 2 N–H and O–H groups in total. The predicted octanol–water partition coefficient (Wildman–Crippen LogP) is 5.32. The van der Waals surface area contributed by atoms with Crippen molar-refractivity contribution in [2.75, 3.05) is 38.1 Å². The number of ether oxygens (including phenoxy) is 2. The van der Waals surface area contributed by atoms with Crippen LogP contribution in [-0.4, -0.2) is 59.2 Å². The van der Waals surface area contributed by atoms with E-state index >= 15 is 0 Å². The van der Waals surface area contributed by atoms with Crippen LogP contribution in [0.3, 0.4) is 0 Å². The van der Waals surface area contributed by atoms with E-state index in [1.807, 2.05) is 24.3 Å². The number of benzene rings is 2. The molecule has 0 fully saturated rings. The summed E-state index contributed by atoms with van der Waals surface area (Å²) in [6.45, 7) is 12.8. The normalized spacial score (nSPS) is 11.5. The minimum atomic E-state index is -1.01. The average Bonchev–Trinajstić information content (AvgIpc) is 2.90. The molecule has 0 aliphatic rings. The van der Waals surface area contributed by atoms with E-state index in [0.29, 0.717) is 18.1 Å². The number of carbonyl (C=O) groups is 1. The highest BCUT2D eigenvalue weighted by Crippen LogP contribution is 2.26. The molecule has 0 radical (unpaired) electrons. The minimum absolute atomic E-state index is 0.0264. The van der Waals surface area contributed by atoms with E-state index in [0.717, 1.165) is 31.1 Å². The summed E-state index contributed by atoms with van der Waals surface area (Å²) in [7, 11) is 0. The summed E-state index contributed by atoms with van der Waals surface area (Å²) in [6, 6.07) is 10.4. The molecular weight excluding hydrogens is 504 g/mol. The van der Waals surface area contributed by atoms with E-state index in [1.54, 1.807) is 20.8 Å². The lowest BCUT2D eigenvalue weighted by Gasteiger charge is -2.19.